The van der Waals surface area contributed by atoms with Crippen LogP contribution in [-0.2, 0) is 4.74 Å². The number of fused-ring (bicyclic) bond motifs is 1. The van der Waals surface area contributed by atoms with Crippen LogP contribution in [0.2, 0.25) is 0 Å². The highest BCUT2D eigenvalue weighted by atomic mass is 16.5. The van der Waals surface area contributed by atoms with Crippen molar-refractivity contribution in [2.24, 2.45) is 11.8 Å². The first kappa shape index (κ1) is 15.1. The zero-order valence-corrected chi connectivity index (χ0v) is 13.6. The predicted molar refractivity (Wildman–Crippen MR) is 87.2 cm³/mol. The second-order valence-electron chi connectivity index (χ2n) is 7.15. The minimum absolute atomic E-state index is 0.160. The summed E-state index contributed by atoms with van der Waals surface area (Å²) in [7, 11) is 0. The van der Waals surface area contributed by atoms with Crippen molar-refractivity contribution in [3.05, 3.63) is 30.1 Å². The molecule has 3 atom stereocenters. The summed E-state index contributed by atoms with van der Waals surface area (Å²) < 4.78 is 5.77. The highest BCUT2D eigenvalue weighted by Crippen LogP contribution is 2.32. The average Bonchev–Trinajstić information content (AvgIpc) is 3.24. The third-order valence-corrected chi connectivity index (χ3v) is 5.59. The number of ether oxygens (including phenoxy) is 1. The van der Waals surface area contributed by atoms with Crippen molar-refractivity contribution in [3.8, 4) is 0 Å². The minimum atomic E-state index is 0.160. The van der Waals surface area contributed by atoms with Gasteiger partial charge in [-0.05, 0) is 49.8 Å². The summed E-state index contributed by atoms with van der Waals surface area (Å²) in [4.78, 5) is 21.2. The lowest BCUT2D eigenvalue weighted by Crippen LogP contribution is -2.43. The van der Waals surface area contributed by atoms with E-state index in [1.165, 1.54) is 19.3 Å². The highest BCUT2D eigenvalue weighted by molar-refractivity contribution is 5.94. The number of amides is 1. The van der Waals surface area contributed by atoms with Gasteiger partial charge in [-0.1, -0.05) is 0 Å². The van der Waals surface area contributed by atoms with Crippen molar-refractivity contribution < 1.29 is 9.53 Å². The summed E-state index contributed by atoms with van der Waals surface area (Å²) in [5.41, 5.74) is 0.759. The standard InChI is InChI=1S/C18H25N3O2/c22-18(14-3-6-19-7-4-14)21-11-15-5-8-20(10-16(15)12-21)13-17-2-1-9-23-17/h3-4,6-7,15-17H,1-2,5,8-13H2/t15-,16+,17+/m0/s1. The lowest BCUT2D eigenvalue weighted by molar-refractivity contribution is 0.0506. The van der Waals surface area contributed by atoms with Crippen molar-refractivity contribution >= 4 is 5.91 Å². The van der Waals surface area contributed by atoms with Crippen LogP contribution in [0.25, 0.3) is 0 Å². The van der Waals surface area contributed by atoms with Crippen LogP contribution >= 0.6 is 0 Å². The van der Waals surface area contributed by atoms with Gasteiger partial charge >= 0.3 is 0 Å². The van der Waals surface area contributed by atoms with Crippen LogP contribution in [-0.4, -0.2) is 66.1 Å². The smallest absolute Gasteiger partial charge is 0.253 e. The van der Waals surface area contributed by atoms with Gasteiger partial charge in [-0.15, -0.1) is 0 Å². The Labute approximate surface area is 137 Å². The van der Waals surface area contributed by atoms with E-state index in [0.717, 1.165) is 44.9 Å². The van der Waals surface area contributed by atoms with Crippen LogP contribution in [0.4, 0.5) is 0 Å². The Kier molecular flexibility index (Phi) is 4.31. The van der Waals surface area contributed by atoms with E-state index in [0.29, 0.717) is 17.9 Å². The molecule has 5 heteroatoms. The molecule has 0 radical (unpaired) electrons. The first-order valence-electron chi connectivity index (χ1n) is 8.83. The topological polar surface area (TPSA) is 45.7 Å². The van der Waals surface area contributed by atoms with Gasteiger partial charge in [-0.25, -0.2) is 0 Å². The monoisotopic (exact) mass is 315 g/mol. The summed E-state index contributed by atoms with van der Waals surface area (Å²) in [6.45, 7) is 6.08. The first-order valence-corrected chi connectivity index (χ1v) is 8.83. The van der Waals surface area contributed by atoms with Crippen molar-refractivity contribution in [3.63, 3.8) is 0 Å². The number of hydrogen-bond donors (Lipinski definition) is 0. The molecule has 1 aromatic rings. The summed E-state index contributed by atoms with van der Waals surface area (Å²) in [6, 6.07) is 3.63. The summed E-state index contributed by atoms with van der Waals surface area (Å²) in [6.07, 6.45) is 7.44. The Morgan fingerprint density at radius 2 is 2.00 bits per heavy atom. The van der Waals surface area contributed by atoms with Gasteiger partial charge < -0.3 is 14.5 Å². The normalized spacial score (nSPS) is 31.3. The van der Waals surface area contributed by atoms with Crippen LogP contribution in [0.15, 0.2) is 24.5 Å². The number of pyridine rings is 1. The van der Waals surface area contributed by atoms with Crippen LogP contribution in [0.3, 0.4) is 0 Å². The molecule has 0 N–H and O–H groups in total. The lowest BCUT2D eigenvalue weighted by Gasteiger charge is -2.35. The Bertz CT molecular complexity index is 544. The fourth-order valence-corrected chi connectivity index (χ4v) is 4.33. The fraction of sp³-hybridized carbons (Fsp3) is 0.667. The molecule has 0 bridgehead atoms. The van der Waals surface area contributed by atoms with Gasteiger partial charge in [0.1, 0.15) is 0 Å². The van der Waals surface area contributed by atoms with Gasteiger partial charge in [-0.2, -0.15) is 0 Å². The number of carbonyl (C=O) groups excluding carboxylic acids is 1. The Balaban J connectivity index is 1.35. The highest BCUT2D eigenvalue weighted by Gasteiger charge is 2.39. The molecule has 3 aliphatic heterocycles. The molecule has 0 aromatic carbocycles. The van der Waals surface area contributed by atoms with Crippen LogP contribution in [0.1, 0.15) is 29.6 Å². The lowest BCUT2D eigenvalue weighted by atomic mass is 9.88. The molecule has 4 rings (SSSR count). The van der Waals surface area contributed by atoms with E-state index in [4.69, 9.17) is 4.74 Å². The third-order valence-electron chi connectivity index (χ3n) is 5.59. The van der Waals surface area contributed by atoms with Crippen molar-refractivity contribution in [2.75, 3.05) is 39.3 Å². The van der Waals surface area contributed by atoms with Crippen LogP contribution < -0.4 is 0 Å². The van der Waals surface area contributed by atoms with Crippen LogP contribution in [0.5, 0.6) is 0 Å². The van der Waals surface area contributed by atoms with E-state index in [1.807, 2.05) is 17.0 Å². The molecule has 4 heterocycles. The summed E-state index contributed by atoms with van der Waals surface area (Å²) in [5, 5.41) is 0. The van der Waals surface area contributed by atoms with Gasteiger partial charge in [0, 0.05) is 50.7 Å². The molecule has 0 aliphatic carbocycles. The van der Waals surface area contributed by atoms with E-state index in [1.54, 1.807) is 12.4 Å². The number of likely N-dealkylation sites (tertiary alicyclic amines) is 2. The first-order chi connectivity index (χ1) is 11.3. The molecule has 0 unspecified atom stereocenters. The van der Waals surface area contributed by atoms with E-state index >= 15 is 0 Å². The average molecular weight is 315 g/mol. The zero-order chi connectivity index (χ0) is 15.6. The Morgan fingerprint density at radius 3 is 2.78 bits per heavy atom. The molecular weight excluding hydrogens is 290 g/mol. The summed E-state index contributed by atoms with van der Waals surface area (Å²) >= 11 is 0. The van der Waals surface area contributed by atoms with Gasteiger partial charge in [0.15, 0.2) is 0 Å². The van der Waals surface area contributed by atoms with Gasteiger partial charge in [0.25, 0.3) is 5.91 Å². The number of rotatable bonds is 3. The molecule has 0 saturated carbocycles. The zero-order valence-electron chi connectivity index (χ0n) is 13.6. The number of aromatic nitrogens is 1. The fourth-order valence-electron chi connectivity index (χ4n) is 4.33. The molecule has 124 valence electrons. The maximum Gasteiger partial charge on any atom is 0.253 e. The summed E-state index contributed by atoms with van der Waals surface area (Å²) in [5.74, 6) is 1.45. The molecule has 1 amide bonds. The van der Waals surface area contributed by atoms with E-state index in [2.05, 4.69) is 9.88 Å². The van der Waals surface area contributed by atoms with Gasteiger partial charge in [0.05, 0.1) is 6.10 Å². The predicted octanol–water partition coefficient (Wildman–Crippen LogP) is 1.65. The quantitative estimate of drug-likeness (QED) is 0.851. The van der Waals surface area contributed by atoms with E-state index in [-0.39, 0.29) is 5.91 Å². The minimum Gasteiger partial charge on any atom is -0.377 e. The van der Waals surface area contributed by atoms with Crippen molar-refractivity contribution in [2.45, 2.75) is 25.4 Å². The molecule has 1 aromatic heterocycles. The number of hydrogen-bond acceptors (Lipinski definition) is 4. The number of carbonyl (C=O) groups is 1. The maximum atomic E-state index is 12.6. The second kappa shape index (κ2) is 6.57. The third kappa shape index (κ3) is 3.26. The molecular formula is C18H25N3O2. The molecule has 3 saturated heterocycles. The van der Waals surface area contributed by atoms with E-state index in [9.17, 15) is 4.79 Å². The second-order valence-corrected chi connectivity index (χ2v) is 7.15. The molecule has 0 spiro atoms. The SMILES string of the molecule is O=C(c1ccncc1)N1C[C@H]2CN(C[C@H]3CCCO3)CC[C@H]2C1. The number of piperidine rings is 1. The maximum absolute atomic E-state index is 12.6. The van der Waals surface area contributed by atoms with Crippen molar-refractivity contribution in [1.82, 2.24) is 14.8 Å². The molecule has 3 fully saturated rings. The Hall–Kier alpha value is -1.46. The Morgan fingerprint density at radius 1 is 1.17 bits per heavy atom. The molecule has 5 nitrogen and oxygen atoms in total. The van der Waals surface area contributed by atoms with Crippen molar-refractivity contribution in [1.29, 1.82) is 0 Å². The van der Waals surface area contributed by atoms with Gasteiger partial charge in [0.2, 0.25) is 0 Å². The van der Waals surface area contributed by atoms with E-state index < -0.39 is 0 Å². The molecule has 3 aliphatic rings. The number of nitrogens with zero attached hydrogens (tertiary/aromatic N) is 3. The molecule has 23 heavy (non-hydrogen) atoms. The largest absolute Gasteiger partial charge is 0.377 e. The van der Waals surface area contributed by atoms with Crippen LogP contribution in [0, 0.1) is 11.8 Å². The van der Waals surface area contributed by atoms with Gasteiger partial charge in [-0.3, -0.25) is 9.78 Å².